The smallest absolute Gasteiger partial charge is 0.133 e. The quantitative estimate of drug-likeness (QED) is 0.162. The van der Waals surface area contributed by atoms with Crippen LogP contribution >= 0.6 is 0 Å². The third-order valence-corrected chi connectivity index (χ3v) is 8.03. The number of aliphatic hydroxyl groups excluding tert-OH is 1. The molecule has 214 valence electrons. The molecule has 1 atom stereocenters. The van der Waals surface area contributed by atoms with E-state index in [0.717, 1.165) is 69.5 Å². The number of ether oxygens (including phenoxy) is 2. The standard InChI is InChI=1S/C36H42N2O3/c1-5-7-19-38(20-8-6-2)28-15-18-31-35(22-28)41-34-21-25(3)33(37-27-13-16-29(40-4)17-14-27)23-32(34)36(31)30-12-10-9-11-26(30)24-39/h9-18,21-23,36-37,39H,5-8,19-20,24H2,1-4H3. The second kappa shape index (κ2) is 13.1. The van der Waals surface area contributed by atoms with E-state index in [1.165, 1.54) is 31.4 Å². The van der Waals surface area contributed by atoms with E-state index >= 15 is 0 Å². The molecule has 0 fully saturated rings. The summed E-state index contributed by atoms with van der Waals surface area (Å²) in [6.45, 7) is 8.67. The number of nitrogens with zero attached hydrogens (tertiary/aromatic N) is 1. The van der Waals surface area contributed by atoms with Crippen molar-refractivity contribution >= 4 is 17.1 Å². The lowest BCUT2D eigenvalue weighted by Crippen LogP contribution is -2.26. The maximum atomic E-state index is 10.3. The van der Waals surface area contributed by atoms with Crippen molar-refractivity contribution in [1.29, 1.82) is 0 Å². The lowest BCUT2D eigenvalue weighted by atomic mass is 9.80. The molecule has 41 heavy (non-hydrogen) atoms. The van der Waals surface area contributed by atoms with Gasteiger partial charge in [-0.2, -0.15) is 0 Å². The van der Waals surface area contributed by atoms with Gasteiger partial charge in [-0.15, -0.1) is 0 Å². The van der Waals surface area contributed by atoms with E-state index < -0.39 is 0 Å². The Labute approximate surface area is 244 Å². The number of hydrogen-bond acceptors (Lipinski definition) is 5. The first kappa shape index (κ1) is 28.6. The van der Waals surface area contributed by atoms with Crippen LogP contribution in [-0.2, 0) is 6.61 Å². The molecular weight excluding hydrogens is 508 g/mol. The number of rotatable bonds is 12. The molecule has 5 nitrogen and oxygen atoms in total. The Kier molecular flexibility index (Phi) is 9.15. The van der Waals surface area contributed by atoms with Crippen LogP contribution in [-0.4, -0.2) is 25.3 Å². The maximum absolute atomic E-state index is 10.3. The highest BCUT2D eigenvalue weighted by Crippen LogP contribution is 2.50. The number of fused-ring (bicyclic) bond motifs is 2. The van der Waals surface area contributed by atoms with Gasteiger partial charge in [0.2, 0.25) is 0 Å². The van der Waals surface area contributed by atoms with Crippen molar-refractivity contribution in [2.75, 3.05) is 30.4 Å². The van der Waals surface area contributed by atoms with Crippen LogP contribution in [0.5, 0.6) is 17.2 Å². The van der Waals surface area contributed by atoms with Gasteiger partial charge in [0.1, 0.15) is 17.2 Å². The zero-order valence-corrected chi connectivity index (χ0v) is 24.7. The highest BCUT2D eigenvalue weighted by atomic mass is 16.5. The first-order valence-electron chi connectivity index (χ1n) is 14.9. The zero-order valence-electron chi connectivity index (χ0n) is 24.7. The van der Waals surface area contributed by atoms with Crippen molar-refractivity contribution in [2.45, 2.75) is 59.0 Å². The summed E-state index contributed by atoms with van der Waals surface area (Å²) in [7, 11) is 1.68. The summed E-state index contributed by atoms with van der Waals surface area (Å²) in [4.78, 5) is 2.50. The molecule has 4 aromatic carbocycles. The largest absolute Gasteiger partial charge is 0.497 e. The van der Waals surface area contributed by atoms with E-state index in [2.05, 4.69) is 73.5 Å². The van der Waals surface area contributed by atoms with Crippen molar-refractivity contribution in [3.8, 4) is 17.2 Å². The SMILES string of the molecule is CCCCN(CCCC)c1ccc2c(c1)Oc1cc(C)c(Nc3ccc(OC)cc3)cc1C2c1ccccc1CO. The van der Waals surface area contributed by atoms with Gasteiger partial charge in [0, 0.05) is 53.3 Å². The molecule has 0 spiro atoms. The molecule has 0 saturated carbocycles. The summed E-state index contributed by atoms with van der Waals surface area (Å²) in [6.07, 6.45) is 4.67. The lowest BCUT2D eigenvalue weighted by Gasteiger charge is -2.32. The molecule has 2 N–H and O–H groups in total. The second-order valence-corrected chi connectivity index (χ2v) is 10.9. The highest BCUT2D eigenvalue weighted by Gasteiger charge is 2.31. The topological polar surface area (TPSA) is 54.0 Å². The molecule has 1 aliphatic heterocycles. The van der Waals surface area contributed by atoms with Gasteiger partial charge in [-0.25, -0.2) is 0 Å². The first-order chi connectivity index (χ1) is 20.1. The summed E-state index contributed by atoms with van der Waals surface area (Å²) in [5.41, 5.74) is 8.55. The monoisotopic (exact) mass is 550 g/mol. The van der Waals surface area contributed by atoms with Gasteiger partial charge >= 0.3 is 0 Å². The Morgan fingerprint density at radius 2 is 1.54 bits per heavy atom. The molecule has 0 aromatic heterocycles. The second-order valence-electron chi connectivity index (χ2n) is 10.9. The fourth-order valence-electron chi connectivity index (χ4n) is 5.67. The van der Waals surface area contributed by atoms with E-state index in [4.69, 9.17) is 9.47 Å². The summed E-state index contributed by atoms with van der Waals surface area (Å²) < 4.78 is 12.0. The summed E-state index contributed by atoms with van der Waals surface area (Å²) >= 11 is 0. The third-order valence-electron chi connectivity index (χ3n) is 8.03. The van der Waals surface area contributed by atoms with Gasteiger partial charge in [-0.05, 0) is 78.9 Å². The van der Waals surface area contributed by atoms with E-state index in [-0.39, 0.29) is 12.5 Å². The number of hydrogen-bond donors (Lipinski definition) is 2. The van der Waals surface area contributed by atoms with Gasteiger partial charge in [-0.3, -0.25) is 0 Å². The number of anilines is 3. The highest BCUT2D eigenvalue weighted by molar-refractivity contribution is 5.71. The molecule has 0 aliphatic carbocycles. The summed E-state index contributed by atoms with van der Waals surface area (Å²) in [5.74, 6) is 2.51. The van der Waals surface area contributed by atoms with Gasteiger partial charge in [0.05, 0.1) is 13.7 Å². The average Bonchev–Trinajstić information content (AvgIpc) is 3.00. The number of aryl methyl sites for hydroxylation is 1. The van der Waals surface area contributed by atoms with E-state index in [0.29, 0.717) is 0 Å². The fraction of sp³-hybridized carbons (Fsp3) is 0.333. The lowest BCUT2D eigenvalue weighted by molar-refractivity contribution is 0.280. The molecule has 1 aliphatic rings. The van der Waals surface area contributed by atoms with Crippen LogP contribution in [0.2, 0.25) is 0 Å². The molecule has 5 rings (SSSR count). The number of aliphatic hydroxyl groups is 1. The predicted molar refractivity (Wildman–Crippen MR) is 169 cm³/mol. The Balaban J connectivity index is 1.59. The van der Waals surface area contributed by atoms with Crippen molar-refractivity contribution in [2.24, 2.45) is 0 Å². The molecule has 1 unspecified atom stereocenters. The average molecular weight is 551 g/mol. The minimum Gasteiger partial charge on any atom is -0.497 e. The fourth-order valence-corrected chi connectivity index (χ4v) is 5.67. The Hall–Kier alpha value is -3.96. The number of methoxy groups -OCH3 is 1. The predicted octanol–water partition coefficient (Wildman–Crippen LogP) is 8.93. The molecule has 1 heterocycles. The van der Waals surface area contributed by atoms with Crippen LogP contribution in [0.3, 0.4) is 0 Å². The molecule has 0 radical (unpaired) electrons. The maximum Gasteiger partial charge on any atom is 0.133 e. The van der Waals surface area contributed by atoms with Gasteiger partial charge in [0.15, 0.2) is 0 Å². The van der Waals surface area contributed by atoms with Crippen LogP contribution in [0.1, 0.15) is 73.3 Å². The van der Waals surface area contributed by atoms with E-state index in [1.54, 1.807) is 7.11 Å². The van der Waals surface area contributed by atoms with Crippen LogP contribution < -0.4 is 19.7 Å². The normalized spacial score (nSPS) is 13.6. The minimum atomic E-state index is -0.0668. The van der Waals surface area contributed by atoms with Gasteiger partial charge in [0.25, 0.3) is 0 Å². The number of unbranched alkanes of at least 4 members (excludes halogenated alkanes) is 2. The minimum absolute atomic E-state index is 0.0130. The van der Waals surface area contributed by atoms with Crippen molar-refractivity contribution < 1.29 is 14.6 Å². The molecular formula is C36H42N2O3. The molecule has 4 aromatic rings. The van der Waals surface area contributed by atoms with E-state index in [9.17, 15) is 5.11 Å². The zero-order chi connectivity index (χ0) is 28.8. The molecule has 0 saturated heterocycles. The third kappa shape index (κ3) is 6.20. The molecule has 0 bridgehead atoms. The number of benzene rings is 4. The van der Waals surface area contributed by atoms with Crippen LogP contribution in [0.4, 0.5) is 17.1 Å². The van der Waals surface area contributed by atoms with Crippen LogP contribution in [0.25, 0.3) is 0 Å². The Morgan fingerprint density at radius 1 is 0.829 bits per heavy atom. The van der Waals surface area contributed by atoms with Crippen molar-refractivity contribution in [3.63, 3.8) is 0 Å². The van der Waals surface area contributed by atoms with Crippen molar-refractivity contribution in [1.82, 2.24) is 0 Å². The van der Waals surface area contributed by atoms with Crippen LogP contribution in [0.15, 0.2) is 78.9 Å². The Bertz CT molecular complexity index is 1460. The summed E-state index contributed by atoms with van der Waals surface area (Å²) in [5, 5.41) is 13.9. The number of nitrogens with one attached hydrogen (secondary N) is 1. The van der Waals surface area contributed by atoms with E-state index in [1.807, 2.05) is 36.4 Å². The van der Waals surface area contributed by atoms with Crippen LogP contribution in [0, 0.1) is 6.92 Å². The first-order valence-corrected chi connectivity index (χ1v) is 14.9. The molecule has 0 amide bonds. The van der Waals surface area contributed by atoms with Gasteiger partial charge < -0.3 is 24.8 Å². The molecule has 5 heteroatoms. The van der Waals surface area contributed by atoms with Gasteiger partial charge in [-0.1, -0.05) is 57.0 Å². The van der Waals surface area contributed by atoms with Crippen molar-refractivity contribution in [3.05, 3.63) is 107 Å². The Morgan fingerprint density at radius 3 is 2.22 bits per heavy atom. The summed E-state index contributed by atoms with van der Waals surface area (Å²) in [6, 6.07) is 27.2.